The monoisotopic (exact) mass is 319 g/mol. The van der Waals surface area contributed by atoms with Crippen molar-refractivity contribution >= 4 is 22.1 Å². The number of hydrogen-bond donors (Lipinski definition) is 2. The van der Waals surface area contributed by atoms with Crippen molar-refractivity contribution in [3.05, 3.63) is 58.1 Å². The minimum atomic E-state index is -0.154. The Bertz CT molecular complexity index is 582. The third-order valence-corrected chi connectivity index (χ3v) is 3.14. The molecular formula is C15H14BrNO2. The zero-order valence-corrected chi connectivity index (χ0v) is 11.8. The lowest BCUT2D eigenvalue weighted by Crippen LogP contribution is -1.91. The second kappa shape index (κ2) is 6.38. The number of halogens is 1. The van der Waals surface area contributed by atoms with Gasteiger partial charge in [-0.05, 0) is 24.1 Å². The van der Waals surface area contributed by atoms with E-state index in [-0.39, 0.29) is 11.5 Å². The van der Waals surface area contributed by atoms with Gasteiger partial charge in [-0.3, -0.25) is 4.99 Å². The zero-order valence-electron chi connectivity index (χ0n) is 10.3. The average molecular weight is 320 g/mol. The summed E-state index contributed by atoms with van der Waals surface area (Å²) >= 11 is 3.26. The predicted octanol–water partition coefficient (Wildman–Crippen LogP) is 3.52. The van der Waals surface area contributed by atoms with Gasteiger partial charge in [-0.2, -0.15) is 0 Å². The second-order valence-electron chi connectivity index (χ2n) is 4.13. The molecule has 0 radical (unpaired) electrons. The first-order valence-corrected chi connectivity index (χ1v) is 6.71. The van der Waals surface area contributed by atoms with Gasteiger partial charge in [0.1, 0.15) is 0 Å². The van der Waals surface area contributed by atoms with Crippen LogP contribution in [0.1, 0.15) is 11.1 Å². The molecule has 2 N–H and O–H groups in total. The lowest BCUT2D eigenvalue weighted by Gasteiger charge is -2.02. The van der Waals surface area contributed by atoms with Crippen LogP contribution in [0.5, 0.6) is 11.5 Å². The van der Waals surface area contributed by atoms with Crippen LogP contribution in [0.25, 0.3) is 0 Å². The van der Waals surface area contributed by atoms with Gasteiger partial charge in [-0.15, -0.1) is 0 Å². The molecule has 0 heterocycles. The van der Waals surface area contributed by atoms with Gasteiger partial charge in [0.2, 0.25) is 0 Å². The number of phenols is 2. The minimum Gasteiger partial charge on any atom is -0.504 e. The molecule has 0 spiro atoms. The molecular weight excluding hydrogens is 306 g/mol. The molecule has 98 valence electrons. The summed E-state index contributed by atoms with van der Waals surface area (Å²) in [5, 5.41) is 19.2. The van der Waals surface area contributed by atoms with Gasteiger partial charge in [0.25, 0.3) is 0 Å². The van der Waals surface area contributed by atoms with E-state index in [0.29, 0.717) is 16.6 Å². The van der Waals surface area contributed by atoms with Gasteiger partial charge in [-0.1, -0.05) is 46.3 Å². The van der Waals surface area contributed by atoms with Crippen molar-refractivity contribution in [2.75, 3.05) is 6.54 Å². The Kier molecular flexibility index (Phi) is 4.58. The molecule has 0 aliphatic carbocycles. The van der Waals surface area contributed by atoms with Crippen LogP contribution in [0.3, 0.4) is 0 Å². The molecule has 0 aliphatic rings. The van der Waals surface area contributed by atoms with Gasteiger partial charge >= 0.3 is 0 Å². The number of aromatic hydroxyl groups is 2. The van der Waals surface area contributed by atoms with E-state index in [0.717, 1.165) is 6.42 Å². The number of phenolic OH excluding ortho intramolecular Hbond substituents is 2. The van der Waals surface area contributed by atoms with Crippen molar-refractivity contribution in [3.63, 3.8) is 0 Å². The SMILES string of the molecule is Oc1cc(Br)cc(C=NCCc2ccccc2)c1O. The van der Waals surface area contributed by atoms with Gasteiger partial charge < -0.3 is 10.2 Å². The van der Waals surface area contributed by atoms with Crippen molar-refractivity contribution in [2.24, 2.45) is 4.99 Å². The maximum atomic E-state index is 9.68. The summed E-state index contributed by atoms with van der Waals surface area (Å²) in [4.78, 5) is 4.26. The van der Waals surface area contributed by atoms with Gasteiger partial charge in [0, 0.05) is 22.8 Å². The molecule has 0 bridgehead atoms. The summed E-state index contributed by atoms with van der Waals surface area (Å²) in [7, 11) is 0. The van der Waals surface area contributed by atoms with Crippen LogP contribution in [0.4, 0.5) is 0 Å². The first kappa shape index (κ1) is 13.6. The van der Waals surface area contributed by atoms with E-state index in [2.05, 4.69) is 33.1 Å². The fourth-order valence-corrected chi connectivity index (χ4v) is 2.17. The maximum absolute atomic E-state index is 9.68. The normalized spacial score (nSPS) is 11.0. The summed E-state index contributed by atoms with van der Waals surface area (Å²) in [5.74, 6) is -0.300. The fourth-order valence-electron chi connectivity index (χ4n) is 1.71. The van der Waals surface area contributed by atoms with Gasteiger partial charge in [-0.25, -0.2) is 0 Å². The van der Waals surface area contributed by atoms with Crippen molar-refractivity contribution in [2.45, 2.75) is 6.42 Å². The van der Waals surface area contributed by atoms with Crippen molar-refractivity contribution in [3.8, 4) is 11.5 Å². The lowest BCUT2D eigenvalue weighted by molar-refractivity contribution is 0.403. The highest BCUT2D eigenvalue weighted by Gasteiger charge is 2.05. The lowest BCUT2D eigenvalue weighted by atomic mass is 10.1. The number of aliphatic imine (C=N–C) groups is 1. The highest BCUT2D eigenvalue weighted by molar-refractivity contribution is 9.10. The summed E-state index contributed by atoms with van der Waals surface area (Å²) in [6.07, 6.45) is 2.42. The van der Waals surface area contributed by atoms with Crippen LogP contribution < -0.4 is 0 Å². The molecule has 0 aromatic heterocycles. The van der Waals surface area contributed by atoms with Crippen LogP contribution in [-0.4, -0.2) is 23.0 Å². The zero-order chi connectivity index (χ0) is 13.7. The topological polar surface area (TPSA) is 52.8 Å². The van der Waals surface area contributed by atoms with Crippen LogP contribution in [0, 0.1) is 0 Å². The highest BCUT2D eigenvalue weighted by atomic mass is 79.9. The Balaban J connectivity index is 2.00. The Morgan fingerprint density at radius 2 is 1.84 bits per heavy atom. The second-order valence-corrected chi connectivity index (χ2v) is 5.05. The third-order valence-electron chi connectivity index (χ3n) is 2.69. The van der Waals surface area contributed by atoms with Crippen LogP contribution in [0.15, 0.2) is 51.9 Å². The molecule has 0 saturated carbocycles. The Morgan fingerprint density at radius 3 is 2.58 bits per heavy atom. The largest absolute Gasteiger partial charge is 0.504 e. The van der Waals surface area contributed by atoms with E-state index in [1.165, 1.54) is 11.6 Å². The molecule has 2 aromatic carbocycles. The summed E-state index contributed by atoms with van der Waals surface area (Å²) in [5.41, 5.74) is 1.72. The number of hydrogen-bond acceptors (Lipinski definition) is 3. The highest BCUT2D eigenvalue weighted by Crippen LogP contribution is 2.31. The number of benzene rings is 2. The van der Waals surface area contributed by atoms with Crippen molar-refractivity contribution in [1.29, 1.82) is 0 Å². The molecule has 0 saturated heterocycles. The molecule has 3 nitrogen and oxygen atoms in total. The van der Waals surface area contributed by atoms with E-state index >= 15 is 0 Å². The van der Waals surface area contributed by atoms with Crippen molar-refractivity contribution < 1.29 is 10.2 Å². The van der Waals surface area contributed by atoms with Crippen LogP contribution in [-0.2, 0) is 6.42 Å². The molecule has 0 fully saturated rings. The number of nitrogens with zero attached hydrogens (tertiary/aromatic N) is 1. The molecule has 2 rings (SSSR count). The van der Waals surface area contributed by atoms with Crippen LogP contribution in [0.2, 0.25) is 0 Å². The van der Waals surface area contributed by atoms with E-state index in [1.807, 2.05) is 18.2 Å². The first-order chi connectivity index (χ1) is 9.16. The summed E-state index contributed by atoms with van der Waals surface area (Å²) < 4.78 is 0.701. The maximum Gasteiger partial charge on any atom is 0.166 e. The van der Waals surface area contributed by atoms with Crippen molar-refractivity contribution in [1.82, 2.24) is 0 Å². The van der Waals surface area contributed by atoms with E-state index < -0.39 is 0 Å². The molecule has 0 aliphatic heterocycles. The van der Waals surface area contributed by atoms with Crippen LogP contribution >= 0.6 is 15.9 Å². The average Bonchev–Trinajstić information content (AvgIpc) is 2.41. The minimum absolute atomic E-state index is 0.147. The summed E-state index contributed by atoms with van der Waals surface area (Å²) in [6, 6.07) is 13.2. The van der Waals surface area contributed by atoms with E-state index in [9.17, 15) is 10.2 Å². The molecule has 0 unspecified atom stereocenters. The Hall–Kier alpha value is -1.81. The van der Waals surface area contributed by atoms with E-state index in [1.54, 1.807) is 12.3 Å². The predicted molar refractivity (Wildman–Crippen MR) is 80.1 cm³/mol. The first-order valence-electron chi connectivity index (χ1n) is 5.92. The fraction of sp³-hybridized carbons (Fsp3) is 0.133. The molecule has 0 amide bonds. The number of rotatable bonds is 4. The standard InChI is InChI=1S/C15H14BrNO2/c16-13-8-12(15(19)14(18)9-13)10-17-7-6-11-4-2-1-3-5-11/h1-5,8-10,18-19H,6-7H2. The molecule has 4 heteroatoms. The van der Waals surface area contributed by atoms with Gasteiger partial charge in [0.15, 0.2) is 11.5 Å². The van der Waals surface area contributed by atoms with E-state index in [4.69, 9.17) is 0 Å². The summed E-state index contributed by atoms with van der Waals surface area (Å²) in [6.45, 7) is 0.636. The Labute approximate surface area is 120 Å². The quantitative estimate of drug-likeness (QED) is 0.669. The molecule has 19 heavy (non-hydrogen) atoms. The smallest absolute Gasteiger partial charge is 0.166 e. The third kappa shape index (κ3) is 3.83. The Morgan fingerprint density at radius 1 is 1.11 bits per heavy atom. The molecule has 2 aromatic rings. The van der Waals surface area contributed by atoms with Gasteiger partial charge in [0.05, 0.1) is 0 Å². The molecule has 0 atom stereocenters.